The monoisotopic (exact) mass is 345 g/mol. The first-order chi connectivity index (χ1) is 11.9. The Morgan fingerprint density at radius 3 is 2.64 bits per heavy atom. The minimum atomic E-state index is -0.641. The average molecular weight is 345 g/mol. The third kappa shape index (κ3) is 4.70. The molecular formula is C19H23NO5. The lowest BCUT2D eigenvalue weighted by Crippen LogP contribution is -2.15. The zero-order valence-corrected chi connectivity index (χ0v) is 14.7. The van der Waals surface area contributed by atoms with Crippen LogP contribution in [0.2, 0.25) is 0 Å². The van der Waals surface area contributed by atoms with Crippen molar-refractivity contribution in [3.63, 3.8) is 0 Å². The number of benzene rings is 1. The molecule has 6 heteroatoms. The number of rotatable bonds is 8. The van der Waals surface area contributed by atoms with Crippen molar-refractivity contribution in [1.82, 2.24) is 4.57 Å². The Bertz CT molecular complexity index is 763. The lowest BCUT2D eigenvalue weighted by atomic mass is 10.1. The van der Waals surface area contributed by atoms with E-state index in [9.17, 15) is 14.7 Å². The summed E-state index contributed by atoms with van der Waals surface area (Å²) >= 11 is 0. The van der Waals surface area contributed by atoms with Gasteiger partial charge in [-0.3, -0.25) is 4.79 Å². The van der Waals surface area contributed by atoms with E-state index in [2.05, 4.69) is 4.57 Å². The van der Waals surface area contributed by atoms with Gasteiger partial charge in [-0.1, -0.05) is 6.07 Å². The molecule has 0 amide bonds. The number of hydrogen-bond donors (Lipinski definition) is 1. The molecule has 0 aliphatic carbocycles. The van der Waals surface area contributed by atoms with Gasteiger partial charge in [0, 0.05) is 37.2 Å². The van der Waals surface area contributed by atoms with Crippen molar-refractivity contribution >= 4 is 11.8 Å². The smallest absolute Gasteiger partial charge is 0.338 e. The van der Waals surface area contributed by atoms with E-state index >= 15 is 0 Å². The fourth-order valence-corrected chi connectivity index (χ4v) is 2.72. The van der Waals surface area contributed by atoms with Gasteiger partial charge < -0.3 is 19.1 Å². The van der Waals surface area contributed by atoms with Gasteiger partial charge in [-0.2, -0.15) is 0 Å². The Balaban J connectivity index is 2.01. The Kier molecular flexibility index (Phi) is 6.36. The number of esters is 1. The number of aromatic hydroxyl groups is 1. The number of nitrogens with zero attached hydrogens (tertiary/aromatic N) is 1. The van der Waals surface area contributed by atoms with E-state index in [0.29, 0.717) is 12.2 Å². The lowest BCUT2D eigenvalue weighted by molar-refractivity contribution is 0.0474. The molecular weight excluding hydrogens is 322 g/mol. The summed E-state index contributed by atoms with van der Waals surface area (Å²) in [5.74, 6) is -0.918. The van der Waals surface area contributed by atoms with Crippen LogP contribution in [0.15, 0.2) is 30.3 Å². The van der Waals surface area contributed by atoms with Crippen molar-refractivity contribution in [1.29, 1.82) is 0 Å². The SMILES string of the molecule is COCCCn1c(C)cc(C(=O)COC(=O)c2cccc(O)c2)c1C. The molecule has 134 valence electrons. The molecule has 1 heterocycles. The number of ether oxygens (including phenoxy) is 2. The van der Waals surface area contributed by atoms with E-state index in [1.807, 2.05) is 19.9 Å². The Morgan fingerprint density at radius 2 is 1.96 bits per heavy atom. The summed E-state index contributed by atoms with van der Waals surface area (Å²) in [6.45, 7) is 4.90. The molecule has 1 N–H and O–H groups in total. The maximum absolute atomic E-state index is 12.4. The van der Waals surface area contributed by atoms with Crippen LogP contribution in [0.3, 0.4) is 0 Å². The van der Waals surface area contributed by atoms with Gasteiger partial charge in [-0.25, -0.2) is 4.79 Å². The second-order valence-corrected chi connectivity index (χ2v) is 5.83. The highest BCUT2D eigenvalue weighted by molar-refractivity contribution is 6.00. The molecule has 0 saturated heterocycles. The molecule has 2 aromatic rings. The van der Waals surface area contributed by atoms with Gasteiger partial charge in [0.2, 0.25) is 5.78 Å². The van der Waals surface area contributed by atoms with Crippen molar-refractivity contribution in [2.24, 2.45) is 0 Å². The van der Waals surface area contributed by atoms with Gasteiger partial charge >= 0.3 is 5.97 Å². The highest BCUT2D eigenvalue weighted by Gasteiger charge is 2.18. The molecule has 0 bridgehead atoms. The molecule has 1 aromatic heterocycles. The van der Waals surface area contributed by atoms with Crippen LogP contribution in [-0.4, -0.2) is 41.7 Å². The Hall–Kier alpha value is -2.60. The normalized spacial score (nSPS) is 10.7. The summed E-state index contributed by atoms with van der Waals surface area (Å²) in [5.41, 5.74) is 2.60. The molecule has 6 nitrogen and oxygen atoms in total. The predicted molar refractivity (Wildman–Crippen MR) is 93.1 cm³/mol. The predicted octanol–water partition coefficient (Wildman–Crippen LogP) is 2.89. The van der Waals surface area contributed by atoms with Gasteiger partial charge in [-0.15, -0.1) is 0 Å². The number of ketones is 1. The highest BCUT2D eigenvalue weighted by atomic mass is 16.5. The Labute approximate surface area is 147 Å². The fourth-order valence-electron chi connectivity index (χ4n) is 2.72. The second-order valence-electron chi connectivity index (χ2n) is 5.83. The van der Waals surface area contributed by atoms with Crippen LogP contribution in [0.1, 0.15) is 38.5 Å². The number of carbonyl (C=O) groups excluding carboxylic acids is 2. The van der Waals surface area contributed by atoms with Crippen LogP contribution < -0.4 is 0 Å². The van der Waals surface area contributed by atoms with Crippen LogP contribution in [-0.2, 0) is 16.0 Å². The van der Waals surface area contributed by atoms with Gasteiger partial charge in [0.15, 0.2) is 6.61 Å². The van der Waals surface area contributed by atoms with E-state index < -0.39 is 5.97 Å². The largest absolute Gasteiger partial charge is 0.508 e. The standard InChI is InChI=1S/C19H23NO5/c1-13-10-17(14(2)20(13)8-5-9-24-3)18(22)12-25-19(23)15-6-4-7-16(21)11-15/h4,6-7,10-11,21H,5,8-9,12H2,1-3H3. The van der Waals surface area contributed by atoms with Crippen LogP contribution in [0.25, 0.3) is 0 Å². The summed E-state index contributed by atoms with van der Waals surface area (Å²) in [5, 5.41) is 9.39. The van der Waals surface area contributed by atoms with Crippen LogP contribution in [0, 0.1) is 13.8 Å². The van der Waals surface area contributed by atoms with Crippen LogP contribution >= 0.6 is 0 Å². The molecule has 0 aliphatic rings. The molecule has 0 saturated carbocycles. The number of phenols is 1. The summed E-state index contributed by atoms with van der Waals surface area (Å²) < 4.78 is 12.2. The summed E-state index contributed by atoms with van der Waals surface area (Å²) in [6, 6.07) is 7.64. The molecule has 0 fully saturated rings. The van der Waals surface area contributed by atoms with Crippen LogP contribution in [0.4, 0.5) is 0 Å². The second kappa shape index (κ2) is 8.48. The van der Waals surface area contributed by atoms with E-state index in [1.165, 1.54) is 18.2 Å². The third-order valence-electron chi connectivity index (χ3n) is 4.02. The molecule has 0 aliphatic heterocycles. The minimum absolute atomic E-state index is 0.0274. The number of phenolic OH excluding ortho intramolecular Hbond substituents is 1. The first-order valence-electron chi connectivity index (χ1n) is 8.09. The van der Waals surface area contributed by atoms with E-state index in [-0.39, 0.29) is 23.7 Å². The summed E-state index contributed by atoms with van der Waals surface area (Å²) in [6.07, 6.45) is 0.854. The van der Waals surface area contributed by atoms with Gasteiger partial charge in [-0.05, 0) is 44.5 Å². The molecule has 1 aromatic carbocycles. The topological polar surface area (TPSA) is 77.8 Å². The maximum atomic E-state index is 12.4. The van der Waals surface area contributed by atoms with Crippen molar-refractivity contribution < 1.29 is 24.2 Å². The first kappa shape index (κ1) is 18.7. The molecule has 2 rings (SSSR count). The zero-order chi connectivity index (χ0) is 18.4. The van der Waals surface area contributed by atoms with Gasteiger partial charge in [0.25, 0.3) is 0 Å². The third-order valence-corrected chi connectivity index (χ3v) is 4.02. The van der Waals surface area contributed by atoms with Crippen molar-refractivity contribution in [2.75, 3.05) is 20.3 Å². The summed E-state index contributed by atoms with van der Waals surface area (Å²) in [4.78, 5) is 24.4. The molecule has 0 spiro atoms. The fraction of sp³-hybridized carbons (Fsp3) is 0.368. The molecule has 0 radical (unpaired) electrons. The van der Waals surface area contributed by atoms with Crippen molar-refractivity contribution in [3.05, 3.63) is 52.8 Å². The molecule has 0 atom stereocenters. The zero-order valence-electron chi connectivity index (χ0n) is 14.7. The van der Waals surface area contributed by atoms with Crippen molar-refractivity contribution in [2.45, 2.75) is 26.8 Å². The van der Waals surface area contributed by atoms with Crippen molar-refractivity contribution in [3.8, 4) is 5.75 Å². The van der Waals surface area contributed by atoms with E-state index in [0.717, 1.165) is 24.4 Å². The van der Waals surface area contributed by atoms with Crippen LogP contribution in [0.5, 0.6) is 5.75 Å². The quantitative estimate of drug-likeness (QED) is 0.452. The molecule has 25 heavy (non-hydrogen) atoms. The van der Waals surface area contributed by atoms with Gasteiger partial charge in [0.1, 0.15) is 5.75 Å². The van der Waals surface area contributed by atoms with E-state index in [4.69, 9.17) is 9.47 Å². The number of methoxy groups -OCH3 is 1. The first-order valence-corrected chi connectivity index (χ1v) is 8.09. The van der Waals surface area contributed by atoms with E-state index in [1.54, 1.807) is 13.2 Å². The number of carbonyl (C=O) groups is 2. The molecule has 0 unspecified atom stereocenters. The Morgan fingerprint density at radius 1 is 1.20 bits per heavy atom. The number of aromatic nitrogens is 1. The number of Topliss-reactive ketones (excluding diaryl/α,β-unsaturated/α-hetero) is 1. The van der Waals surface area contributed by atoms with Gasteiger partial charge in [0.05, 0.1) is 5.56 Å². The lowest BCUT2D eigenvalue weighted by Gasteiger charge is -2.09. The minimum Gasteiger partial charge on any atom is -0.508 e. The number of aryl methyl sites for hydroxylation is 1. The number of hydrogen-bond acceptors (Lipinski definition) is 5. The maximum Gasteiger partial charge on any atom is 0.338 e. The average Bonchev–Trinajstić information content (AvgIpc) is 2.87. The summed E-state index contributed by atoms with van der Waals surface area (Å²) in [7, 11) is 1.66. The highest BCUT2D eigenvalue weighted by Crippen LogP contribution is 2.17.